The van der Waals surface area contributed by atoms with Crippen molar-refractivity contribution in [3.05, 3.63) is 69.8 Å². The van der Waals surface area contributed by atoms with E-state index in [9.17, 15) is 14.9 Å². The molecule has 2 aromatic rings. The zero-order valence-corrected chi connectivity index (χ0v) is 24.0. The smallest absolute Gasteiger partial charge is 0.343 e. The molecular weight excluding hydrogens is 476 g/mol. The monoisotopic (exact) mass is 525 g/mol. The minimum absolute atomic E-state index is 0.0664. The van der Waals surface area contributed by atoms with E-state index in [1.54, 1.807) is 30.3 Å². The highest BCUT2D eigenvalue weighted by Crippen LogP contribution is 2.27. The van der Waals surface area contributed by atoms with E-state index in [2.05, 4.69) is 21.0 Å². The molecule has 0 aliphatic carbocycles. The first kappa shape index (κ1) is 31.5. The molecule has 0 saturated carbocycles. The molecule has 6 nitrogen and oxygen atoms in total. The van der Waals surface area contributed by atoms with Crippen molar-refractivity contribution in [3.8, 4) is 5.75 Å². The molecule has 0 spiro atoms. The van der Waals surface area contributed by atoms with Crippen LogP contribution in [0.5, 0.6) is 5.75 Å². The Bertz CT molecular complexity index is 959. The molecule has 6 heteroatoms. The lowest BCUT2D eigenvalue weighted by Crippen LogP contribution is -2.39. The summed E-state index contributed by atoms with van der Waals surface area (Å²) in [7, 11) is 4.21. The number of nitro groups is 1. The summed E-state index contributed by atoms with van der Waals surface area (Å²) in [5.74, 6) is -0.141. The second-order valence-electron chi connectivity index (χ2n) is 11.2. The van der Waals surface area contributed by atoms with Gasteiger partial charge in [0.15, 0.2) is 0 Å². The maximum atomic E-state index is 12.4. The minimum Gasteiger partial charge on any atom is -0.423 e. The fourth-order valence-electron chi connectivity index (χ4n) is 4.94. The maximum Gasteiger partial charge on any atom is 0.343 e. The maximum absolute atomic E-state index is 12.4. The Balaban J connectivity index is 1.71. The van der Waals surface area contributed by atoms with Crippen molar-refractivity contribution in [3.63, 3.8) is 0 Å². The number of nitrogens with zero attached hydrogens (tertiary/aromatic N) is 2. The number of benzene rings is 2. The first-order valence-electron chi connectivity index (χ1n) is 14.7. The molecule has 0 atom stereocenters. The number of carbonyl (C=O) groups is 1. The molecule has 2 rings (SSSR count). The predicted molar refractivity (Wildman–Crippen MR) is 155 cm³/mol. The van der Waals surface area contributed by atoms with Crippen molar-refractivity contribution in [2.45, 2.75) is 103 Å². The van der Waals surface area contributed by atoms with E-state index < -0.39 is 5.97 Å². The molecule has 2 aromatic carbocycles. The number of ether oxygens (including phenoxy) is 1. The van der Waals surface area contributed by atoms with Gasteiger partial charge in [0.1, 0.15) is 12.3 Å². The molecule has 0 radical (unpaired) electrons. The first-order valence-corrected chi connectivity index (χ1v) is 14.7. The largest absolute Gasteiger partial charge is 0.423 e. The molecule has 0 aromatic heterocycles. The quantitative estimate of drug-likeness (QED) is 0.0432. The van der Waals surface area contributed by atoms with Crippen LogP contribution < -0.4 is 4.74 Å². The Morgan fingerprint density at radius 1 is 0.789 bits per heavy atom. The molecule has 0 aliphatic heterocycles. The minimum atomic E-state index is -0.471. The predicted octanol–water partition coefficient (Wildman–Crippen LogP) is 8.87. The van der Waals surface area contributed by atoms with Crippen LogP contribution in [0.1, 0.15) is 113 Å². The standard InChI is InChI=1S/C32H49N2O4/c1-4-5-6-7-8-9-10-11-12-13-14-15-16-20-25-34(2,3)27-29-26-30(23-24-31(29)33(36)37)38-32(35)28-21-18-17-19-22-28/h17-19,21-24,26H,4-16,20,25,27H2,1-3H3/q+1. The van der Waals surface area contributed by atoms with Crippen molar-refractivity contribution < 1.29 is 18.9 Å². The van der Waals surface area contributed by atoms with Crippen molar-refractivity contribution in [2.75, 3.05) is 20.6 Å². The second-order valence-corrected chi connectivity index (χ2v) is 11.2. The Labute approximate surface area is 230 Å². The number of hydrogen-bond donors (Lipinski definition) is 0. The molecule has 210 valence electrons. The Morgan fingerprint density at radius 3 is 1.84 bits per heavy atom. The van der Waals surface area contributed by atoms with Gasteiger partial charge in [-0.15, -0.1) is 0 Å². The van der Waals surface area contributed by atoms with Crippen LogP contribution in [0.4, 0.5) is 5.69 Å². The van der Waals surface area contributed by atoms with Gasteiger partial charge in [0.05, 0.1) is 36.7 Å². The molecule has 0 amide bonds. The highest BCUT2D eigenvalue weighted by Gasteiger charge is 2.24. The summed E-state index contributed by atoms with van der Waals surface area (Å²) in [6, 6.07) is 13.3. The van der Waals surface area contributed by atoms with Gasteiger partial charge in [-0.1, -0.05) is 102 Å². The van der Waals surface area contributed by atoms with Gasteiger partial charge < -0.3 is 9.22 Å². The molecule has 0 fully saturated rings. The lowest BCUT2D eigenvalue weighted by atomic mass is 10.0. The van der Waals surface area contributed by atoms with Crippen molar-refractivity contribution in [1.82, 2.24) is 0 Å². The van der Waals surface area contributed by atoms with Crippen LogP contribution in [0.3, 0.4) is 0 Å². The number of unbranched alkanes of at least 4 members (excludes halogenated alkanes) is 13. The summed E-state index contributed by atoms with van der Waals surface area (Å²) in [5.41, 5.74) is 1.10. The highest BCUT2D eigenvalue weighted by atomic mass is 16.6. The van der Waals surface area contributed by atoms with E-state index in [4.69, 9.17) is 4.74 Å². The van der Waals surface area contributed by atoms with Crippen LogP contribution in [0.15, 0.2) is 48.5 Å². The summed E-state index contributed by atoms with van der Waals surface area (Å²) in [4.78, 5) is 23.7. The zero-order chi connectivity index (χ0) is 27.6. The number of hydrogen-bond acceptors (Lipinski definition) is 4. The zero-order valence-electron chi connectivity index (χ0n) is 24.0. The van der Waals surface area contributed by atoms with Crippen LogP contribution in [-0.2, 0) is 6.54 Å². The average molecular weight is 526 g/mol. The van der Waals surface area contributed by atoms with Gasteiger partial charge >= 0.3 is 5.97 Å². The summed E-state index contributed by atoms with van der Waals surface area (Å²) in [6.07, 6.45) is 18.6. The van der Waals surface area contributed by atoms with Crippen LogP contribution in [-0.4, -0.2) is 36.0 Å². The fraction of sp³-hybridized carbons (Fsp3) is 0.594. The van der Waals surface area contributed by atoms with Gasteiger partial charge in [0, 0.05) is 6.07 Å². The van der Waals surface area contributed by atoms with E-state index in [1.165, 1.54) is 95.6 Å². The number of esters is 1. The first-order chi connectivity index (χ1) is 18.3. The fourth-order valence-corrected chi connectivity index (χ4v) is 4.94. The van der Waals surface area contributed by atoms with E-state index >= 15 is 0 Å². The molecule has 0 heterocycles. The van der Waals surface area contributed by atoms with Gasteiger partial charge in [0.2, 0.25) is 0 Å². The molecular formula is C32H49N2O4+. The lowest BCUT2D eigenvalue weighted by molar-refractivity contribution is -0.904. The number of carbonyl (C=O) groups excluding carboxylic acids is 1. The Morgan fingerprint density at radius 2 is 1.32 bits per heavy atom. The number of quaternary nitrogens is 1. The van der Waals surface area contributed by atoms with Crippen molar-refractivity contribution in [1.29, 1.82) is 0 Å². The normalized spacial score (nSPS) is 11.4. The third-order valence-electron chi connectivity index (χ3n) is 7.18. The van der Waals surface area contributed by atoms with E-state index in [0.717, 1.165) is 13.0 Å². The highest BCUT2D eigenvalue weighted by molar-refractivity contribution is 5.91. The molecule has 0 aliphatic rings. The van der Waals surface area contributed by atoms with Gasteiger partial charge in [-0.05, 0) is 37.1 Å². The van der Waals surface area contributed by atoms with Crippen molar-refractivity contribution in [2.24, 2.45) is 0 Å². The van der Waals surface area contributed by atoms with Crippen LogP contribution in [0.2, 0.25) is 0 Å². The summed E-state index contributed by atoms with van der Waals surface area (Å²) in [5, 5.41) is 11.7. The molecule has 38 heavy (non-hydrogen) atoms. The van der Waals surface area contributed by atoms with Crippen LogP contribution in [0.25, 0.3) is 0 Å². The summed E-state index contributed by atoms with van der Waals surface area (Å²) < 4.78 is 6.16. The second kappa shape index (κ2) is 17.7. The van der Waals surface area contributed by atoms with E-state index in [1.807, 2.05) is 6.07 Å². The molecule has 0 N–H and O–H groups in total. The Hall–Kier alpha value is -2.73. The molecule has 0 saturated heterocycles. The van der Waals surface area contributed by atoms with Gasteiger partial charge in [-0.2, -0.15) is 0 Å². The van der Waals surface area contributed by atoms with Crippen LogP contribution in [0, 0.1) is 10.1 Å². The number of nitro benzene ring substituents is 1. The van der Waals surface area contributed by atoms with Gasteiger partial charge in [-0.3, -0.25) is 10.1 Å². The summed E-state index contributed by atoms with van der Waals surface area (Å²) in [6.45, 7) is 3.72. The molecule has 0 bridgehead atoms. The molecule has 0 unspecified atom stereocenters. The number of rotatable bonds is 20. The third kappa shape index (κ3) is 12.7. The van der Waals surface area contributed by atoms with Crippen LogP contribution >= 0.6 is 0 Å². The Kier molecular flexibility index (Phi) is 14.7. The average Bonchev–Trinajstić information content (AvgIpc) is 2.89. The van der Waals surface area contributed by atoms with Gasteiger partial charge in [0.25, 0.3) is 5.69 Å². The topological polar surface area (TPSA) is 69.4 Å². The SMILES string of the molecule is CCCCCCCCCCCCCCCC[N+](C)(C)Cc1cc(OC(=O)c2ccccc2)ccc1[N+](=O)[O-]. The third-order valence-corrected chi connectivity index (χ3v) is 7.18. The van der Waals surface area contributed by atoms with Gasteiger partial charge in [-0.25, -0.2) is 4.79 Å². The van der Waals surface area contributed by atoms with Crippen molar-refractivity contribution >= 4 is 11.7 Å². The lowest BCUT2D eigenvalue weighted by Gasteiger charge is -2.30. The van der Waals surface area contributed by atoms with E-state index in [-0.39, 0.29) is 10.6 Å². The summed E-state index contributed by atoms with van der Waals surface area (Å²) >= 11 is 0. The van der Waals surface area contributed by atoms with E-state index in [0.29, 0.717) is 27.9 Å².